The average molecular weight is 485 g/mol. The highest BCUT2D eigenvalue weighted by atomic mass is 32.2. The number of benzene rings is 1. The van der Waals surface area contributed by atoms with E-state index < -0.39 is 18.6 Å². The van der Waals surface area contributed by atoms with Crippen molar-refractivity contribution in [3.63, 3.8) is 0 Å². The van der Waals surface area contributed by atoms with E-state index >= 15 is 0 Å². The molecule has 3 aromatic rings. The monoisotopic (exact) mass is 485 g/mol. The van der Waals surface area contributed by atoms with E-state index in [-0.39, 0.29) is 37.9 Å². The molecule has 0 aliphatic carbocycles. The highest BCUT2D eigenvalue weighted by Crippen LogP contribution is 2.36. The van der Waals surface area contributed by atoms with Gasteiger partial charge in [-0.3, -0.25) is 0 Å². The van der Waals surface area contributed by atoms with Crippen LogP contribution in [0.2, 0.25) is 0 Å². The Bertz CT molecular complexity index is 1130. The van der Waals surface area contributed by atoms with Crippen LogP contribution in [-0.2, 0) is 15.2 Å². The van der Waals surface area contributed by atoms with E-state index in [1.807, 2.05) is 0 Å². The molecule has 0 fully saturated rings. The molecule has 0 spiro atoms. The summed E-state index contributed by atoms with van der Waals surface area (Å²) in [5, 5.41) is 8.42. The highest BCUT2D eigenvalue weighted by Gasteiger charge is 2.27. The van der Waals surface area contributed by atoms with Gasteiger partial charge in [-0.15, -0.1) is 21.5 Å². The lowest BCUT2D eigenvalue weighted by Crippen LogP contribution is -2.12. The van der Waals surface area contributed by atoms with Gasteiger partial charge in [-0.05, 0) is 24.3 Å². The molecule has 3 rings (SSSR count). The number of rotatable bonds is 8. The Hall–Kier alpha value is -3.39. The van der Waals surface area contributed by atoms with Crippen molar-refractivity contribution in [1.82, 2.24) is 14.9 Å². The van der Waals surface area contributed by atoms with Crippen molar-refractivity contribution in [2.45, 2.75) is 17.5 Å². The maximum Gasteiger partial charge on any atom is 0.387 e. The number of ether oxygens (including phenoxy) is 3. The van der Waals surface area contributed by atoms with Crippen LogP contribution in [0, 0.1) is 0 Å². The Morgan fingerprint density at radius 1 is 1.16 bits per heavy atom. The van der Waals surface area contributed by atoms with Crippen molar-refractivity contribution in [2.75, 3.05) is 25.8 Å². The fourth-order valence-corrected chi connectivity index (χ4v) is 4.67. The second-order valence-corrected chi connectivity index (χ2v) is 7.99. The van der Waals surface area contributed by atoms with Crippen LogP contribution in [0.15, 0.2) is 29.4 Å². The number of carbonyl (C=O) groups excluding carboxylic acids is 2. The van der Waals surface area contributed by atoms with E-state index in [1.165, 1.54) is 43.2 Å². The molecule has 1 aromatic carbocycles. The summed E-state index contributed by atoms with van der Waals surface area (Å²) in [6.07, 6.45) is 0. The molecule has 0 saturated heterocycles. The van der Waals surface area contributed by atoms with Crippen molar-refractivity contribution in [3.05, 3.63) is 40.3 Å². The normalized spacial score (nSPS) is 10.9. The van der Waals surface area contributed by atoms with Gasteiger partial charge in [0.15, 0.2) is 5.82 Å². The lowest BCUT2D eigenvalue weighted by molar-refractivity contribution is -0.0498. The number of hydrogen-bond donors (Lipinski definition) is 2. The molecule has 14 heteroatoms. The minimum Gasteiger partial charge on any atom is -0.465 e. The first-order chi connectivity index (χ1) is 15.3. The third kappa shape index (κ3) is 4.75. The molecule has 4 N–H and O–H groups in total. The van der Waals surface area contributed by atoms with Crippen LogP contribution in [0.25, 0.3) is 11.4 Å². The van der Waals surface area contributed by atoms with Gasteiger partial charge in [0.25, 0.3) is 0 Å². The summed E-state index contributed by atoms with van der Waals surface area (Å²) in [7, 11) is 2.42. The number of thioether (sulfide) groups is 1. The van der Waals surface area contributed by atoms with Gasteiger partial charge in [0.1, 0.15) is 15.6 Å². The third-order valence-electron chi connectivity index (χ3n) is 4.14. The summed E-state index contributed by atoms with van der Waals surface area (Å²) in [4.78, 5) is 24.5. The van der Waals surface area contributed by atoms with Crippen LogP contribution < -0.4 is 16.3 Å². The second-order valence-electron chi connectivity index (χ2n) is 6.00. The standard InChI is InChI=1S/C18H17F2N5O5S2/c1-28-15(26)11-10(12(16(27)29-2)32-13(11)21)7-31-18-24-23-14(25(18)22)8-3-5-9(6-4-8)30-17(19)20/h3-6,17H,7,21-22H2,1-2H3. The van der Waals surface area contributed by atoms with Gasteiger partial charge in [0.2, 0.25) is 5.16 Å². The summed E-state index contributed by atoms with van der Waals surface area (Å²) in [6, 6.07) is 5.71. The fraction of sp³-hybridized carbons (Fsp3) is 0.222. The van der Waals surface area contributed by atoms with Gasteiger partial charge in [0, 0.05) is 16.9 Å². The summed E-state index contributed by atoms with van der Waals surface area (Å²) >= 11 is 2.01. The molecular weight excluding hydrogens is 468 g/mol. The minimum absolute atomic E-state index is 0.0119. The molecule has 0 aliphatic rings. The first-order valence-electron chi connectivity index (χ1n) is 8.73. The molecule has 0 bridgehead atoms. The van der Waals surface area contributed by atoms with E-state index in [1.54, 1.807) is 0 Å². The first kappa shape index (κ1) is 23.3. The quantitative estimate of drug-likeness (QED) is 0.277. The Morgan fingerprint density at radius 2 is 1.81 bits per heavy atom. The van der Waals surface area contributed by atoms with E-state index in [9.17, 15) is 18.4 Å². The number of halogens is 2. The minimum atomic E-state index is -2.93. The Labute approximate surface area is 188 Å². The zero-order valence-corrected chi connectivity index (χ0v) is 18.3. The zero-order chi connectivity index (χ0) is 23.4. The first-order valence-corrected chi connectivity index (χ1v) is 10.5. The largest absolute Gasteiger partial charge is 0.465 e. The summed E-state index contributed by atoms with van der Waals surface area (Å²) in [5.74, 6) is 5.10. The summed E-state index contributed by atoms with van der Waals surface area (Å²) < 4.78 is 39.6. The molecule has 170 valence electrons. The highest BCUT2D eigenvalue weighted by molar-refractivity contribution is 7.98. The number of nitrogens with zero attached hydrogens (tertiary/aromatic N) is 3. The predicted molar refractivity (Wildman–Crippen MR) is 113 cm³/mol. The number of esters is 2. The summed E-state index contributed by atoms with van der Waals surface area (Å²) in [5.41, 5.74) is 6.83. The molecule has 0 radical (unpaired) electrons. The van der Waals surface area contributed by atoms with E-state index in [4.69, 9.17) is 21.1 Å². The van der Waals surface area contributed by atoms with Crippen molar-refractivity contribution in [1.29, 1.82) is 0 Å². The summed E-state index contributed by atoms with van der Waals surface area (Å²) in [6.45, 7) is -2.93. The molecule has 0 unspecified atom stereocenters. The number of aromatic nitrogens is 3. The van der Waals surface area contributed by atoms with Crippen molar-refractivity contribution in [3.8, 4) is 17.1 Å². The van der Waals surface area contributed by atoms with Gasteiger partial charge in [-0.2, -0.15) is 8.78 Å². The number of carbonyl (C=O) groups is 2. The number of hydrogen-bond acceptors (Lipinski definition) is 11. The van der Waals surface area contributed by atoms with Crippen LogP contribution in [0.5, 0.6) is 5.75 Å². The third-order valence-corrected chi connectivity index (χ3v) is 6.15. The van der Waals surface area contributed by atoms with Crippen LogP contribution in [-0.4, -0.2) is 47.6 Å². The maximum absolute atomic E-state index is 12.3. The van der Waals surface area contributed by atoms with Crippen LogP contribution in [0.3, 0.4) is 0 Å². The zero-order valence-electron chi connectivity index (χ0n) is 16.7. The molecular formula is C18H17F2N5O5S2. The smallest absolute Gasteiger partial charge is 0.387 e. The molecule has 0 aliphatic heterocycles. The number of methoxy groups -OCH3 is 2. The molecule has 2 aromatic heterocycles. The molecule has 0 atom stereocenters. The molecule has 10 nitrogen and oxygen atoms in total. The van der Waals surface area contributed by atoms with Crippen molar-refractivity contribution in [2.24, 2.45) is 0 Å². The Balaban J connectivity index is 1.85. The van der Waals surface area contributed by atoms with Crippen molar-refractivity contribution < 1.29 is 32.6 Å². The van der Waals surface area contributed by atoms with Crippen LogP contribution in [0.4, 0.5) is 13.8 Å². The van der Waals surface area contributed by atoms with Gasteiger partial charge in [0.05, 0.1) is 19.8 Å². The topological polar surface area (TPSA) is 145 Å². The predicted octanol–water partition coefficient (Wildman–Crippen LogP) is 2.77. The van der Waals surface area contributed by atoms with Gasteiger partial charge >= 0.3 is 18.6 Å². The van der Waals surface area contributed by atoms with Crippen molar-refractivity contribution >= 4 is 40.0 Å². The van der Waals surface area contributed by atoms with Crippen LogP contribution in [0.1, 0.15) is 25.6 Å². The number of alkyl halides is 2. The van der Waals surface area contributed by atoms with E-state index in [0.717, 1.165) is 23.1 Å². The van der Waals surface area contributed by atoms with Gasteiger partial charge < -0.3 is 25.8 Å². The SMILES string of the molecule is COC(=O)c1sc(N)c(C(=O)OC)c1CSc1nnc(-c2ccc(OC(F)F)cc2)n1N. The van der Waals surface area contributed by atoms with Gasteiger partial charge in [-0.1, -0.05) is 11.8 Å². The Morgan fingerprint density at radius 3 is 2.41 bits per heavy atom. The molecule has 32 heavy (non-hydrogen) atoms. The van der Waals surface area contributed by atoms with Crippen LogP contribution >= 0.6 is 23.1 Å². The van der Waals surface area contributed by atoms with E-state index in [0.29, 0.717) is 11.1 Å². The maximum atomic E-state index is 12.3. The number of nitrogens with two attached hydrogens (primary N) is 2. The number of thiophene rings is 1. The lowest BCUT2D eigenvalue weighted by atomic mass is 10.1. The fourth-order valence-electron chi connectivity index (χ4n) is 2.70. The Kier molecular flexibility index (Phi) is 7.15. The molecule has 2 heterocycles. The molecule has 0 amide bonds. The lowest BCUT2D eigenvalue weighted by Gasteiger charge is -2.07. The number of nitrogen functional groups attached to an aromatic ring is 2. The molecule has 0 saturated carbocycles. The second kappa shape index (κ2) is 9.82. The van der Waals surface area contributed by atoms with Gasteiger partial charge in [-0.25, -0.2) is 14.3 Å². The number of anilines is 1. The average Bonchev–Trinajstić information content (AvgIpc) is 3.30. The van der Waals surface area contributed by atoms with E-state index in [2.05, 4.69) is 14.9 Å².